The number of aryl methyl sites for hydroxylation is 1. The van der Waals surface area contributed by atoms with Gasteiger partial charge in [-0.25, -0.2) is 0 Å². The van der Waals surface area contributed by atoms with Crippen molar-refractivity contribution in [3.05, 3.63) is 48.3 Å². The molecule has 18 heavy (non-hydrogen) atoms. The Balaban J connectivity index is 2.06. The molecule has 1 aromatic carbocycles. The topological polar surface area (TPSA) is 46.4 Å². The average Bonchev–Trinajstić information content (AvgIpc) is 2.74. The number of amides is 1. The van der Waals surface area contributed by atoms with E-state index in [0.717, 1.165) is 16.9 Å². The van der Waals surface area contributed by atoms with Gasteiger partial charge in [0, 0.05) is 43.8 Å². The summed E-state index contributed by atoms with van der Waals surface area (Å²) in [6.07, 6.45) is 5.78. The number of anilines is 1. The van der Waals surface area contributed by atoms with Crippen molar-refractivity contribution in [3.8, 4) is 0 Å². The van der Waals surface area contributed by atoms with Gasteiger partial charge in [0.2, 0.25) is 5.91 Å². The van der Waals surface area contributed by atoms with Gasteiger partial charge in [0.25, 0.3) is 0 Å². The molecule has 0 fully saturated rings. The van der Waals surface area contributed by atoms with E-state index in [2.05, 4.69) is 10.3 Å². The Labute approximate surface area is 106 Å². The van der Waals surface area contributed by atoms with Crippen LogP contribution in [0.1, 0.15) is 12.5 Å². The van der Waals surface area contributed by atoms with E-state index in [-0.39, 0.29) is 5.91 Å². The average molecular weight is 241 g/mol. The quantitative estimate of drug-likeness (QED) is 0.825. The number of carbonyl (C=O) groups excluding carboxylic acids is 1. The fourth-order valence-corrected chi connectivity index (χ4v) is 1.58. The summed E-state index contributed by atoms with van der Waals surface area (Å²) in [5.74, 6) is -0.0736. The molecule has 0 aliphatic carbocycles. The molecule has 0 aliphatic rings. The van der Waals surface area contributed by atoms with Crippen LogP contribution in [-0.4, -0.2) is 16.7 Å². The molecule has 0 saturated carbocycles. The van der Waals surface area contributed by atoms with Crippen LogP contribution in [-0.2, 0) is 11.8 Å². The number of benzene rings is 1. The molecule has 1 amide bonds. The number of nitrogens with zero attached hydrogens (tertiary/aromatic N) is 2. The maximum absolute atomic E-state index is 10.9. The third kappa shape index (κ3) is 3.31. The lowest BCUT2D eigenvalue weighted by atomic mass is 10.3. The maximum Gasteiger partial charge on any atom is 0.221 e. The Bertz CT molecular complexity index is 567. The van der Waals surface area contributed by atoms with E-state index in [1.165, 1.54) is 6.92 Å². The standard InChI is InChI=1S/C14H15N3O/c1-11(18)16-14-5-3-13(4-6-14)15-9-12-7-8-17(2)10-12/h3-10H,1-2H3,(H,16,18). The molecule has 0 saturated heterocycles. The lowest BCUT2D eigenvalue weighted by molar-refractivity contribution is -0.114. The lowest BCUT2D eigenvalue weighted by Crippen LogP contribution is -2.04. The highest BCUT2D eigenvalue weighted by Crippen LogP contribution is 2.16. The van der Waals surface area contributed by atoms with Crippen molar-refractivity contribution in [2.75, 3.05) is 5.32 Å². The van der Waals surface area contributed by atoms with E-state index in [4.69, 9.17) is 0 Å². The number of nitrogens with one attached hydrogen (secondary N) is 1. The molecule has 0 radical (unpaired) electrons. The third-order valence-electron chi connectivity index (χ3n) is 2.41. The summed E-state index contributed by atoms with van der Waals surface area (Å²) in [4.78, 5) is 15.2. The van der Waals surface area contributed by atoms with Crippen LogP contribution in [0.5, 0.6) is 0 Å². The second-order valence-corrected chi connectivity index (χ2v) is 4.10. The van der Waals surface area contributed by atoms with E-state index >= 15 is 0 Å². The van der Waals surface area contributed by atoms with Gasteiger partial charge in [-0.1, -0.05) is 0 Å². The molecule has 2 rings (SSSR count). The van der Waals surface area contributed by atoms with Crippen LogP contribution in [0.2, 0.25) is 0 Å². The zero-order valence-corrected chi connectivity index (χ0v) is 10.4. The summed E-state index contributed by atoms with van der Waals surface area (Å²) >= 11 is 0. The monoisotopic (exact) mass is 241 g/mol. The van der Waals surface area contributed by atoms with E-state index in [0.29, 0.717) is 0 Å². The fraction of sp³-hybridized carbons (Fsp3) is 0.143. The summed E-state index contributed by atoms with van der Waals surface area (Å²) in [7, 11) is 1.97. The van der Waals surface area contributed by atoms with Crippen molar-refractivity contribution in [1.82, 2.24) is 4.57 Å². The number of hydrogen-bond donors (Lipinski definition) is 1. The smallest absolute Gasteiger partial charge is 0.221 e. The fourth-order valence-electron chi connectivity index (χ4n) is 1.58. The number of rotatable bonds is 3. The van der Waals surface area contributed by atoms with Crippen LogP contribution in [0, 0.1) is 0 Å². The molecule has 1 N–H and O–H groups in total. The van der Waals surface area contributed by atoms with Crippen LogP contribution >= 0.6 is 0 Å². The van der Waals surface area contributed by atoms with E-state index in [9.17, 15) is 4.79 Å². The second kappa shape index (κ2) is 5.31. The van der Waals surface area contributed by atoms with Gasteiger partial charge in [-0.05, 0) is 30.3 Å². The van der Waals surface area contributed by atoms with Gasteiger partial charge in [0.05, 0.1) is 5.69 Å². The van der Waals surface area contributed by atoms with Gasteiger partial charge in [-0.3, -0.25) is 9.79 Å². The van der Waals surface area contributed by atoms with Crippen molar-refractivity contribution in [2.45, 2.75) is 6.92 Å². The van der Waals surface area contributed by atoms with Crippen LogP contribution < -0.4 is 5.32 Å². The summed E-state index contributed by atoms with van der Waals surface area (Å²) in [5.41, 5.74) is 2.69. The third-order valence-corrected chi connectivity index (χ3v) is 2.41. The highest BCUT2D eigenvalue weighted by Gasteiger charge is 1.95. The van der Waals surface area contributed by atoms with E-state index in [1.54, 1.807) is 0 Å². The SMILES string of the molecule is CC(=O)Nc1ccc(N=Cc2ccn(C)c2)cc1. The Morgan fingerprint density at radius 1 is 1.28 bits per heavy atom. The Morgan fingerprint density at radius 3 is 2.56 bits per heavy atom. The van der Waals surface area contributed by atoms with Crippen LogP contribution in [0.4, 0.5) is 11.4 Å². The van der Waals surface area contributed by atoms with Crippen molar-refractivity contribution in [3.63, 3.8) is 0 Å². The van der Waals surface area contributed by atoms with E-state index < -0.39 is 0 Å². The normalized spacial score (nSPS) is 10.8. The van der Waals surface area contributed by atoms with Crippen molar-refractivity contribution in [1.29, 1.82) is 0 Å². The van der Waals surface area contributed by atoms with Crippen LogP contribution in [0.15, 0.2) is 47.7 Å². The number of hydrogen-bond acceptors (Lipinski definition) is 2. The van der Waals surface area contributed by atoms with Gasteiger partial charge in [0.1, 0.15) is 0 Å². The number of aromatic nitrogens is 1. The van der Waals surface area contributed by atoms with Gasteiger partial charge in [-0.2, -0.15) is 0 Å². The van der Waals surface area contributed by atoms with Crippen LogP contribution in [0.25, 0.3) is 0 Å². The zero-order valence-electron chi connectivity index (χ0n) is 10.4. The molecule has 4 heteroatoms. The van der Waals surface area contributed by atoms with Crippen molar-refractivity contribution >= 4 is 23.5 Å². The predicted octanol–water partition coefficient (Wildman–Crippen LogP) is 2.73. The molecular formula is C14H15N3O. The first kappa shape index (κ1) is 12.1. The van der Waals surface area contributed by atoms with Gasteiger partial charge >= 0.3 is 0 Å². The van der Waals surface area contributed by atoms with Gasteiger partial charge in [0.15, 0.2) is 0 Å². The minimum Gasteiger partial charge on any atom is -0.357 e. The second-order valence-electron chi connectivity index (χ2n) is 4.10. The molecule has 2 aromatic rings. The Morgan fingerprint density at radius 2 is 2.00 bits per heavy atom. The first-order valence-corrected chi connectivity index (χ1v) is 5.67. The molecule has 0 unspecified atom stereocenters. The van der Waals surface area contributed by atoms with Gasteiger partial charge in [-0.15, -0.1) is 0 Å². The van der Waals surface area contributed by atoms with Crippen LogP contribution in [0.3, 0.4) is 0 Å². The summed E-state index contributed by atoms with van der Waals surface area (Å²) in [6.45, 7) is 1.49. The molecule has 4 nitrogen and oxygen atoms in total. The predicted molar refractivity (Wildman–Crippen MR) is 73.4 cm³/mol. The summed E-state index contributed by atoms with van der Waals surface area (Å²) < 4.78 is 1.97. The largest absolute Gasteiger partial charge is 0.357 e. The molecule has 0 bridgehead atoms. The first-order chi connectivity index (χ1) is 8.63. The highest BCUT2D eigenvalue weighted by molar-refractivity contribution is 5.89. The van der Waals surface area contributed by atoms with Gasteiger partial charge < -0.3 is 9.88 Å². The molecular weight excluding hydrogens is 226 g/mol. The minimum atomic E-state index is -0.0736. The Kier molecular flexibility index (Phi) is 3.57. The molecule has 0 atom stereocenters. The molecule has 1 heterocycles. The molecule has 1 aromatic heterocycles. The summed E-state index contributed by atoms with van der Waals surface area (Å²) in [6, 6.07) is 9.39. The molecule has 92 valence electrons. The number of aliphatic imine (C=N–C) groups is 1. The Hall–Kier alpha value is -2.36. The highest BCUT2D eigenvalue weighted by atomic mass is 16.1. The maximum atomic E-state index is 10.9. The lowest BCUT2D eigenvalue weighted by Gasteiger charge is -2.01. The zero-order chi connectivity index (χ0) is 13.0. The molecule has 0 aliphatic heterocycles. The van der Waals surface area contributed by atoms with E-state index in [1.807, 2.05) is 60.6 Å². The minimum absolute atomic E-state index is 0.0736. The molecule has 0 spiro atoms. The summed E-state index contributed by atoms with van der Waals surface area (Å²) in [5, 5.41) is 2.71. The first-order valence-electron chi connectivity index (χ1n) is 5.67. The van der Waals surface area contributed by atoms with Crippen molar-refractivity contribution < 1.29 is 4.79 Å². The number of carbonyl (C=O) groups is 1. The van der Waals surface area contributed by atoms with Crippen molar-refractivity contribution in [2.24, 2.45) is 12.0 Å².